The lowest BCUT2D eigenvalue weighted by atomic mass is 10.0. The van der Waals surface area contributed by atoms with Crippen LogP contribution in [0, 0.1) is 11.8 Å². The highest BCUT2D eigenvalue weighted by Crippen LogP contribution is 2.55. The molecule has 1 aromatic rings. The second-order valence-corrected chi connectivity index (χ2v) is 8.00. The fraction of sp³-hybridized carbons (Fsp3) is 0.769. The van der Waals surface area contributed by atoms with E-state index < -0.39 is 28.5 Å². The summed E-state index contributed by atoms with van der Waals surface area (Å²) in [5, 5.41) is 12.3. The number of hydroxylamine groups is 2. The van der Waals surface area contributed by atoms with Gasteiger partial charge in [-0.15, -0.1) is 14.5 Å². The van der Waals surface area contributed by atoms with E-state index in [-0.39, 0.29) is 6.54 Å². The maximum Gasteiger partial charge on any atom is 0.418 e. The Hall–Kier alpha value is -1.76. The Kier molecular flexibility index (Phi) is 3.18. The number of amides is 2. The number of rotatable bonds is 4. The molecule has 0 radical (unpaired) electrons. The molecule has 0 aromatic carbocycles. The Balaban J connectivity index is 1.34. The number of urea groups is 1. The van der Waals surface area contributed by atoms with Gasteiger partial charge in [0, 0.05) is 12.5 Å². The molecule has 1 aromatic heterocycles. The van der Waals surface area contributed by atoms with Crippen molar-refractivity contribution in [2.24, 2.45) is 11.8 Å². The van der Waals surface area contributed by atoms with E-state index in [0.29, 0.717) is 47.4 Å². The van der Waals surface area contributed by atoms with Crippen molar-refractivity contribution in [3.63, 3.8) is 0 Å². The van der Waals surface area contributed by atoms with Gasteiger partial charge in [0.15, 0.2) is 0 Å². The largest absolute Gasteiger partial charge is 0.423 e. The summed E-state index contributed by atoms with van der Waals surface area (Å²) in [6.45, 7) is 2.21. The molecule has 2 bridgehead atoms. The van der Waals surface area contributed by atoms with Gasteiger partial charge in [-0.05, 0) is 37.8 Å². The molecule has 4 heterocycles. The number of aromatic nitrogens is 2. The van der Waals surface area contributed by atoms with Crippen molar-refractivity contribution in [2.75, 3.05) is 19.6 Å². The molecule has 1 aliphatic carbocycles. The van der Waals surface area contributed by atoms with Gasteiger partial charge >= 0.3 is 16.4 Å². The van der Waals surface area contributed by atoms with Crippen LogP contribution in [0.15, 0.2) is 4.42 Å². The SMILES string of the molecule is O=C1N2CC(CCC2c2nnc(C3C4CNCC43)o2)N1OS(=O)(=O)O. The second kappa shape index (κ2) is 5.13. The monoisotopic (exact) mass is 371 g/mol. The van der Waals surface area contributed by atoms with Gasteiger partial charge in [0.25, 0.3) is 0 Å². The van der Waals surface area contributed by atoms with Crippen molar-refractivity contribution < 1.29 is 26.5 Å². The molecule has 2 amide bonds. The summed E-state index contributed by atoms with van der Waals surface area (Å²) in [7, 11) is -4.75. The van der Waals surface area contributed by atoms with Gasteiger partial charge < -0.3 is 14.6 Å². The summed E-state index contributed by atoms with van der Waals surface area (Å²) in [4.78, 5) is 13.9. The van der Waals surface area contributed by atoms with Gasteiger partial charge in [-0.3, -0.25) is 4.55 Å². The topological polar surface area (TPSA) is 138 Å². The van der Waals surface area contributed by atoms with Crippen LogP contribution in [-0.2, 0) is 14.7 Å². The van der Waals surface area contributed by atoms with E-state index in [9.17, 15) is 13.2 Å². The van der Waals surface area contributed by atoms with Gasteiger partial charge in [0.05, 0.1) is 6.04 Å². The van der Waals surface area contributed by atoms with Gasteiger partial charge in [0.1, 0.15) is 6.04 Å². The first-order chi connectivity index (χ1) is 11.9. The van der Waals surface area contributed by atoms with Gasteiger partial charge in [-0.2, -0.15) is 13.5 Å². The Morgan fingerprint density at radius 3 is 2.64 bits per heavy atom. The Morgan fingerprint density at radius 1 is 1.20 bits per heavy atom. The summed E-state index contributed by atoms with van der Waals surface area (Å²) in [5.41, 5.74) is 0. The minimum Gasteiger partial charge on any atom is -0.423 e. The molecule has 136 valence electrons. The first-order valence-corrected chi connectivity index (χ1v) is 9.60. The molecule has 3 saturated heterocycles. The van der Waals surface area contributed by atoms with Gasteiger partial charge in [0.2, 0.25) is 11.8 Å². The Morgan fingerprint density at radius 2 is 1.92 bits per heavy atom. The zero-order valence-corrected chi connectivity index (χ0v) is 13.9. The second-order valence-electron chi connectivity index (χ2n) is 7.00. The zero-order valence-electron chi connectivity index (χ0n) is 13.1. The third-order valence-corrected chi connectivity index (χ3v) is 5.96. The van der Waals surface area contributed by atoms with E-state index in [1.165, 1.54) is 4.90 Å². The number of piperidine rings is 2. The van der Waals surface area contributed by atoms with Crippen molar-refractivity contribution in [1.82, 2.24) is 25.5 Å². The molecule has 12 heteroatoms. The maximum atomic E-state index is 12.4. The molecule has 4 aliphatic rings. The average molecular weight is 371 g/mol. The molecule has 2 N–H and O–H groups in total. The lowest BCUT2D eigenvalue weighted by molar-refractivity contribution is -0.0317. The van der Waals surface area contributed by atoms with Crippen molar-refractivity contribution in [3.05, 3.63) is 11.8 Å². The summed E-state index contributed by atoms with van der Waals surface area (Å²) >= 11 is 0. The molecule has 11 nitrogen and oxygen atoms in total. The van der Waals surface area contributed by atoms with Crippen LogP contribution >= 0.6 is 0 Å². The third-order valence-electron chi connectivity index (χ3n) is 5.62. The summed E-state index contributed by atoms with van der Waals surface area (Å²) in [6, 6.07) is -1.46. The first kappa shape index (κ1) is 15.5. The van der Waals surface area contributed by atoms with Gasteiger partial charge in [-0.25, -0.2) is 4.79 Å². The van der Waals surface area contributed by atoms with Gasteiger partial charge in [-0.1, -0.05) is 0 Å². The maximum absolute atomic E-state index is 12.4. The number of carbonyl (C=O) groups excluding carboxylic acids is 1. The van der Waals surface area contributed by atoms with Crippen molar-refractivity contribution in [2.45, 2.75) is 30.8 Å². The summed E-state index contributed by atoms with van der Waals surface area (Å²) in [6.07, 6.45) is 1.07. The quantitative estimate of drug-likeness (QED) is 0.682. The van der Waals surface area contributed by atoms with E-state index in [1.807, 2.05) is 0 Å². The van der Waals surface area contributed by atoms with Crippen LogP contribution in [0.2, 0.25) is 0 Å². The van der Waals surface area contributed by atoms with Crippen molar-refractivity contribution in [3.8, 4) is 0 Å². The fourth-order valence-electron chi connectivity index (χ4n) is 4.39. The number of hydrogen-bond acceptors (Lipinski definition) is 8. The van der Waals surface area contributed by atoms with Crippen LogP contribution in [0.4, 0.5) is 4.79 Å². The first-order valence-electron chi connectivity index (χ1n) is 8.23. The fourth-order valence-corrected chi connectivity index (χ4v) is 4.78. The molecular weight excluding hydrogens is 354 g/mol. The number of nitrogens with one attached hydrogen (secondary N) is 1. The van der Waals surface area contributed by atoms with Crippen LogP contribution < -0.4 is 5.32 Å². The van der Waals surface area contributed by atoms with E-state index in [1.54, 1.807) is 0 Å². The lowest BCUT2D eigenvalue weighted by Gasteiger charge is -2.27. The summed E-state index contributed by atoms with van der Waals surface area (Å²) in [5.74, 6) is 2.39. The van der Waals surface area contributed by atoms with Crippen LogP contribution in [0.1, 0.15) is 36.6 Å². The van der Waals surface area contributed by atoms with Crippen LogP contribution in [0.3, 0.4) is 0 Å². The minimum atomic E-state index is -4.75. The number of hydrogen-bond donors (Lipinski definition) is 2. The third kappa shape index (κ3) is 2.43. The number of nitrogens with zero attached hydrogens (tertiary/aromatic N) is 4. The minimum absolute atomic E-state index is 0.287. The molecule has 25 heavy (non-hydrogen) atoms. The van der Waals surface area contributed by atoms with Crippen LogP contribution in [0.25, 0.3) is 0 Å². The van der Waals surface area contributed by atoms with E-state index in [2.05, 4.69) is 19.8 Å². The van der Waals surface area contributed by atoms with E-state index in [0.717, 1.165) is 13.1 Å². The highest BCUT2D eigenvalue weighted by Gasteiger charge is 2.57. The smallest absolute Gasteiger partial charge is 0.418 e. The highest BCUT2D eigenvalue weighted by atomic mass is 32.3. The molecule has 4 unspecified atom stereocenters. The summed E-state index contributed by atoms with van der Waals surface area (Å²) < 4.78 is 41.0. The van der Waals surface area contributed by atoms with Crippen molar-refractivity contribution >= 4 is 16.4 Å². The lowest BCUT2D eigenvalue weighted by Crippen LogP contribution is -2.35. The van der Waals surface area contributed by atoms with E-state index in [4.69, 9.17) is 8.97 Å². The molecular formula is C13H17N5O6S. The predicted molar refractivity (Wildman–Crippen MR) is 79.2 cm³/mol. The molecule has 5 rings (SSSR count). The van der Waals surface area contributed by atoms with Crippen LogP contribution in [0.5, 0.6) is 0 Å². The van der Waals surface area contributed by atoms with Crippen molar-refractivity contribution in [1.29, 1.82) is 0 Å². The molecule has 3 aliphatic heterocycles. The zero-order chi connectivity index (χ0) is 17.3. The standard InChI is InChI=1S/C13H17N5O6S/c19-13-17-5-6(18(13)24-25(20,21)22)1-2-9(17)11-15-16-12(23-11)10-7-3-14-4-8(7)10/h6-10,14H,1-5H2,(H,20,21,22). The highest BCUT2D eigenvalue weighted by molar-refractivity contribution is 7.80. The molecule has 0 spiro atoms. The molecule has 4 fully saturated rings. The van der Waals surface area contributed by atoms with E-state index >= 15 is 0 Å². The normalized spacial score (nSPS) is 36.8. The number of fused-ring (bicyclic) bond motifs is 3. The Bertz CT molecular complexity index is 817. The Labute approximate surface area is 143 Å². The average Bonchev–Trinajstić information content (AvgIpc) is 2.97. The molecule has 1 saturated carbocycles. The molecule has 4 atom stereocenters. The predicted octanol–water partition coefficient (Wildman–Crippen LogP) is -0.322. The number of carbonyl (C=O) groups is 1. The van der Waals surface area contributed by atoms with Crippen LogP contribution in [-0.4, -0.2) is 64.8 Å².